The van der Waals surface area contributed by atoms with E-state index in [0.717, 1.165) is 42.3 Å². The number of ether oxygens (including phenoxy) is 1. The summed E-state index contributed by atoms with van der Waals surface area (Å²) in [5.74, 6) is 1.75. The summed E-state index contributed by atoms with van der Waals surface area (Å²) >= 11 is 3.47. The van der Waals surface area contributed by atoms with E-state index in [1.165, 1.54) is 24.8 Å². The lowest BCUT2D eigenvalue weighted by molar-refractivity contribution is 0.302. The molecule has 0 unspecified atom stereocenters. The van der Waals surface area contributed by atoms with Crippen molar-refractivity contribution in [2.45, 2.75) is 46.5 Å². The summed E-state index contributed by atoms with van der Waals surface area (Å²) in [6, 6.07) is 6.16. The normalized spacial score (nSPS) is 11.1. The van der Waals surface area contributed by atoms with Crippen LogP contribution in [-0.4, -0.2) is 19.7 Å². The zero-order valence-electron chi connectivity index (χ0n) is 13.0. The maximum absolute atomic E-state index is 5.81. The van der Waals surface area contributed by atoms with Gasteiger partial charge in [-0.25, -0.2) is 0 Å². The molecule has 0 saturated heterocycles. The second-order valence-corrected chi connectivity index (χ2v) is 6.69. The molecule has 20 heavy (non-hydrogen) atoms. The van der Waals surface area contributed by atoms with Gasteiger partial charge in [0.2, 0.25) is 0 Å². The quantitative estimate of drug-likeness (QED) is 0.608. The molecule has 1 aromatic rings. The molecule has 0 radical (unpaired) electrons. The lowest BCUT2D eigenvalue weighted by Crippen LogP contribution is -2.20. The van der Waals surface area contributed by atoms with Gasteiger partial charge < -0.3 is 10.1 Å². The fraction of sp³-hybridized carbons (Fsp3) is 0.647. The van der Waals surface area contributed by atoms with Crippen LogP contribution in [0, 0.1) is 12.8 Å². The first kappa shape index (κ1) is 17.5. The molecule has 1 rings (SSSR count). The summed E-state index contributed by atoms with van der Waals surface area (Å²) in [6.45, 7) is 9.67. The van der Waals surface area contributed by atoms with Crippen LogP contribution in [0.4, 0.5) is 0 Å². The number of aryl methyl sites for hydroxylation is 1. The summed E-state index contributed by atoms with van der Waals surface area (Å²) in [6.07, 6.45) is 4.94. The van der Waals surface area contributed by atoms with Gasteiger partial charge in [0.15, 0.2) is 0 Å². The van der Waals surface area contributed by atoms with Crippen LogP contribution in [0.2, 0.25) is 0 Å². The van der Waals surface area contributed by atoms with E-state index in [9.17, 15) is 0 Å². The first-order valence-corrected chi connectivity index (χ1v) is 8.48. The average molecular weight is 342 g/mol. The van der Waals surface area contributed by atoms with Crippen molar-refractivity contribution in [1.29, 1.82) is 0 Å². The highest BCUT2D eigenvalue weighted by Gasteiger charge is 2.00. The van der Waals surface area contributed by atoms with Gasteiger partial charge in [-0.3, -0.25) is 0 Å². The molecule has 0 spiro atoms. The highest BCUT2D eigenvalue weighted by atomic mass is 79.9. The number of unbranched alkanes of at least 4 members (excludes halogenated alkanes) is 3. The molecule has 0 saturated carbocycles. The molecule has 0 heterocycles. The first-order chi connectivity index (χ1) is 9.59. The number of benzene rings is 1. The van der Waals surface area contributed by atoms with E-state index in [1.807, 2.05) is 12.1 Å². The third kappa shape index (κ3) is 7.91. The fourth-order valence-electron chi connectivity index (χ4n) is 2.05. The lowest BCUT2D eigenvalue weighted by Gasteiger charge is -2.09. The van der Waals surface area contributed by atoms with Gasteiger partial charge in [-0.15, -0.1) is 0 Å². The second-order valence-electron chi connectivity index (χ2n) is 5.77. The van der Waals surface area contributed by atoms with Crippen LogP contribution < -0.4 is 10.1 Å². The number of halogens is 1. The molecule has 0 aliphatic rings. The lowest BCUT2D eigenvalue weighted by atomic mass is 10.2. The van der Waals surface area contributed by atoms with Crippen LogP contribution in [-0.2, 0) is 0 Å². The molecule has 2 nitrogen and oxygen atoms in total. The average Bonchev–Trinajstić information content (AvgIpc) is 2.38. The number of nitrogens with one attached hydrogen (secondary N) is 1. The van der Waals surface area contributed by atoms with Crippen LogP contribution in [0.1, 0.15) is 45.1 Å². The number of hydrogen-bond acceptors (Lipinski definition) is 2. The molecule has 0 aliphatic carbocycles. The van der Waals surface area contributed by atoms with Crippen molar-refractivity contribution in [2.75, 3.05) is 19.7 Å². The zero-order chi connectivity index (χ0) is 14.8. The number of rotatable bonds is 10. The van der Waals surface area contributed by atoms with E-state index < -0.39 is 0 Å². The van der Waals surface area contributed by atoms with Crippen molar-refractivity contribution >= 4 is 15.9 Å². The van der Waals surface area contributed by atoms with Crippen LogP contribution >= 0.6 is 15.9 Å². The van der Waals surface area contributed by atoms with E-state index in [2.05, 4.69) is 48.1 Å². The van der Waals surface area contributed by atoms with Crippen molar-refractivity contribution in [2.24, 2.45) is 5.92 Å². The Bertz CT molecular complexity index is 379. The van der Waals surface area contributed by atoms with E-state index in [1.54, 1.807) is 0 Å². The van der Waals surface area contributed by atoms with E-state index >= 15 is 0 Å². The van der Waals surface area contributed by atoms with Gasteiger partial charge in [-0.1, -0.05) is 42.6 Å². The Morgan fingerprint density at radius 1 is 1.15 bits per heavy atom. The summed E-state index contributed by atoms with van der Waals surface area (Å²) in [5, 5.41) is 3.48. The van der Waals surface area contributed by atoms with E-state index in [0.29, 0.717) is 0 Å². The molecule has 1 N–H and O–H groups in total. The molecular formula is C17H28BrNO. The Labute approximate surface area is 132 Å². The zero-order valence-corrected chi connectivity index (χ0v) is 14.6. The monoisotopic (exact) mass is 341 g/mol. The van der Waals surface area contributed by atoms with Crippen LogP contribution in [0.5, 0.6) is 5.75 Å². The fourth-order valence-corrected chi connectivity index (χ4v) is 2.53. The first-order valence-electron chi connectivity index (χ1n) is 7.69. The summed E-state index contributed by atoms with van der Waals surface area (Å²) in [7, 11) is 0. The van der Waals surface area contributed by atoms with Crippen molar-refractivity contribution < 1.29 is 4.74 Å². The van der Waals surface area contributed by atoms with Crippen LogP contribution in [0.25, 0.3) is 0 Å². The third-order valence-electron chi connectivity index (χ3n) is 3.20. The predicted octanol–water partition coefficient (Wildman–Crippen LogP) is 4.94. The summed E-state index contributed by atoms with van der Waals surface area (Å²) in [4.78, 5) is 0. The molecule has 0 fully saturated rings. The smallest absolute Gasteiger partial charge is 0.122 e. The van der Waals surface area contributed by atoms with Crippen LogP contribution in [0.3, 0.4) is 0 Å². The van der Waals surface area contributed by atoms with Crippen molar-refractivity contribution in [3.8, 4) is 5.75 Å². The molecular weight excluding hydrogens is 314 g/mol. The van der Waals surface area contributed by atoms with Gasteiger partial charge in [0.05, 0.1) is 6.61 Å². The minimum atomic E-state index is 0.748. The largest absolute Gasteiger partial charge is 0.493 e. The third-order valence-corrected chi connectivity index (χ3v) is 3.69. The summed E-state index contributed by atoms with van der Waals surface area (Å²) in [5.41, 5.74) is 1.19. The molecule has 3 heteroatoms. The molecule has 1 aromatic carbocycles. The SMILES string of the molecule is Cc1cc(Br)ccc1OCCCCCCNCC(C)C. The van der Waals surface area contributed by atoms with Crippen molar-refractivity contribution in [3.05, 3.63) is 28.2 Å². The van der Waals surface area contributed by atoms with Crippen LogP contribution in [0.15, 0.2) is 22.7 Å². The van der Waals surface area contributed by atoms with Gasteiger partial charge in [0, 0.05) is 4.47 Å². The van der Waals surface area contributed by atoms with E-state index in [4.69, 9.17) is 4.74 Å². The Kier molecular flexibility index (Phi) is 8.95. The maximum atomic E-state index is 5.81. The van der Waals surface area contributed by atoms with Gasteiger partial charge >= 0.3 is 0 Å². The molecule has 0 aromatic heterocycles. The molecule has 0 aliphatic heterocycles. The van der Waals surface area contributed by atoms with Gasteiger partial charge in [0.25, 0.3) is 0 Å². The highest BCUT2D eigenvalue weighted by molar-refractivity contribution is 9.10. The predicted molar refractivity (Wildman–Crippen MR) is 90.5 cm³/mol. The molecule has 0 bridgehead atoms. The Hall–Kier alpha value is -0.540. The van der Waals surface area contributed by atoms with Gasteiger partial charge in [0.1, 0.15) is 5.75 Å². The standard InChI is InChI=1S/C17H28BrNO/c1-14(2)13-19-10-6-4-5-7-11-20-17-9-8-16(18)12-15(17)3/h8-9,12,14,19H,4-7,10-11,13H2,1-3H3. The Balaban J connectivity index is 1.99. The summed E-state index contributed by atoms with van der Waals surface area (Å²) < 4.78 is 6.92. The maximum Gasteiger partial charge on any atom is 0.122 e. The second kappa shape index (κ2) is 10.2. The van der Waals surface area contributed by atoms with Crippen molar-refractivity contribution in [3.63, 3.8) is 0 Å². The Morgan fingerprint density at radius 3 is 2.60 bits per heavy atom. The topological polar surface area (TPSA) is 21.3 Å². The minimum Gasteiger partial charge on any atom is -0.493 e. The number of hydrogen-bond donors (Lipinski definition) is 1. The van der Waals surface area contributed by atoms with Gasteiger partial charge in [-0.2, -0.15) is 0 Å². The van der Waals surface area contributed by atoms with Gasteiger partial charge in [-0.05, 0) is 62.5 Å². The molecule has 0 amide bonds. The highest BCUT2D eigenvalue weighted by Crippen LogP contribution is 2.22. The minimum absolute atomic E-state index is 0.748. The van der Waals surface area contributed by atoms with Crippen molar-refractivity contribution in [1.82, 2.24) is 5.32 Å². The Morgan fingerprint density at radius 2 is 1.90 bits per heavy atom. The van der Waals surface area contributed by atoms with E-state index in [-0.39, 0.29) is 0 Å². The molecule has 0 atom stereocenters. The molecule has 114 valence electrons.